The van der Waals surface area contributed by atoms with Gasteiger partial charge in [-0.25, -0.2) is 0 Å². The van der Waals surface area contributed by atoms with E-state index >= 15 is 0 Å². The molecule has 0 saturated carbocycles. The average molecular weight is 1980 g/mol. The topological polar surface area (TPSA) is 367 Å². The van der Waals surface area contributed by atoms with E-state index in [1.165, 1.54) is 86.1 Å². The van der Waals surface area contributed by atoms with Crippen LogP contribution in [-0.4, -0.2) is 201 Å². The van der Waals surface area contributed by atoms with Crippen molar-refractivity contribution in [3.05, 3.63) is 192 Å². The average Bonchev–Trinajstić information content (AvgIpc) is 0.757. The van der Waals surface area contributed by atoms with E-state index < -0.39 is 17.1 Å². The van der Waals surface area contributed by atoms with E-state index in [-0.39, 0.29) is 107 Å². The van der Waals surface area contributed by atoms with Crippen molar-refractivity contribution in [2.45, 2.75) is 107 Å². The van der Waals surface area contributed by atoms with Gasteiger partial charge < -0.3 is 95.9 Å². The zero-order valence-electron chi connectivity index (χ0n) is 69.7. The number of fused-ring (bicyclic) bond motifs is 2. The molecule has 6 aliphatic rings. The van der Waals surface area contributed by atoms with Gasteiger partial charge in [-0.15, -0.1) is 11.6 Å². The molecule has 0 spiro atoms. The molecule has 25 nitrogen and oxygen atoms in total. The van der Waals surface area contributed by atoms with Gasteiger partial charge in [0.05, 0.1) is 66.1 Å². The first-order valence-electron chi connectivity index (χ1n) is 36.4. The molecule has 6 aliphatic heterocycles. The maximum Gasteiger partial charge on any atom is 2.00 e. The molecule has 0 radical (unpaired) electrons. The number of ether oxygens (including phenoxy) is 6. The summed E-state index contributed by atoms with van der Waals surface area (Å²) in [7, 11) is 0. The molecule has 7 aromatic carbocycles. The van der Waals surface area contributed by atoms with Crippen molar-refractivity contribution in [1.82, 2.24) is 0 Å². The summed E-state index contributed by atoms with van der Waals surface area (Å²) in [5, 5.41) is 32.8. The zero-order chi connectivity index (χ0) is 86.1. The van der Waals surface area contributed by atoms with Gasteiger partial charge in [-0.1, -0.05) is 178 Å². The molecular formula is C84H110Br3CaCl4N7NaO18P. The summed E-state index contributed by atoms with van der Waals surface area (Å²) in [5.74, 6) is 4.08. The minimum Gasteiger partial charge on any atom is -0.870 e. The quantitative estimate of drug-likeness (QED) is 0.00639. The molecule has 119 heavy (non-hydrogen) atoms. The third-order valence-corrected chi connectivity index (χ3v) is 18.5. The molecule has 0 atom stereocenters. The number of benzene rings is 7. The van der Waals surface area contributed by atoms with Crippen LogP contribution < -0.4 is 89.6 Å². The van der Waals surface area contributed by atoms with Crippen LogP contribution in [0.5, 0.6) is 40.2 Å². The second-order valence-corrected chi connectivity index (χ2v) is 36.1. The van der Waals surface area contributed by atoms with Crippen molar-refractivity contribution in [3.8, 4) is 40.2 Å². The Kier molecular flexibility index (Phi) is 63.5. The number of aromatic hydroxyl groups is 2. The minimum absolute atomic E-state index is 0. The number of aldehydes is 1. The van der Waals surface area contributed by atoms with E-state index in [4.69, 9.17) is 61.1 Å². The van der Waals surface area contributed by atoms with E-state index in [9.17, 15) is 28.5 Å². The first-order chi connectivity index (χ1) is 54.5. The first kappa shape index (κ1) is 117. The van der Waals surface area contributed by atoms with Crippen LogP contribution >= 0.6 is 98.3 Å². The number of alkyl halides is 4. The number of nitrogens with one attached hydrogen (secondary N) is 3. The maximum absolute atomic E-state index is 11.0. The number of aliphatic hydroxyl groups excluding tert-OH is 1. The minimum atomic E-state index is -3.22. The Bertz CT molecular complexity index is 4200. The van der Waals surface area contributed by atoms with Crippen molar-refractivity contribution in [2.24, 2.45) is 0 Å². The molecule has 0 saturated heterocycles. The van der Waals surface area contributed by atoms with Crippen LogP contribution in [0.15, 0.2) is 175 Å². The van der Waals surface area contributed by atoms with Crippen molar-refractivity contribution >= 4 is 212 Å². The SMILES string of the molecule is BrCCBr.CC(=O)Nc1ccccc1O.CC(=O)Nc1ccccc1OCCBr.CC(=O)OC(C)=O.CC(C)=CCCl.CC(C)=CCN1CCOc2ccccc21.CC1(C)CCN2CCOc3cc(C=O)cc1c32.CC1(C)CCN2CCOc3cccc1c32.Nc1ccccc1O.O=P(Cl)(Cl)Cl.O=[C-]O.[Ca+2].[Na+].[OH-].[OH-].c1ccc2c(c1)NCCO2. The predicted octanol–water partition coefficient (Wildman–Crippen LogP) is 16.8. The summed E-state index contributed by atoms with van der Waals surface area (Å²) in [6.45, 7) is 34.0. The van der Waals surface area contributed by atoms with Crippen LogP contribution in [0.3, 0.4) is 0 Å². The monoisotopic (exact) mass is 1980 g/mol. The standard InChI is InChI=1S/C14H17NO2.2C13H17NO.C10H12BrNO2.C8H9NO2.C8H9NO.C6H7NO.C5H9Cl.C4H6O3.C2H4Br2.CHO2.Ca.Cl3OP.Na.2H2O/c1-14(2)3-4-15-5-6-17-12-8-10(9-16)7-11(14)13(12)15;1-13(2)6-7-14-8-9-15-11-5-3-4-10(13)12(11)14;1-11(2)7-8-14-9-10-15-13-6-4-3-5-12(13)14;1-8(13)12-9-4-2-3-5-10(9)14-7-6-11;1-6(10)9-7-4-2-3-5-8(7)11;1-2-4-8-7(3-1)9-5-6-10-8;7-5-3-1-2-4-6(5)8;1-5(2)3-4-6;1-3(5)7-4(2)6;3-1-2-4;2-1-3;;1-5(2,3)4;;;/h7-9H,3-6H2,1-2H3;3-5H,6-9H2,1-2H3;3-7H,8-10H2,1-2H3;2-5H,6-7H2,1H3,(H,12,13);2-5,11H,1H3,(H,9,10);1-4,9H,5-6H2;1-4,8H,7H2;3H,4H2,1-2H3;1-2H3;1-2H2;(H,2,3);;;;2*1H2/q;;;;;;;;;;-1;+2;;+1;;/p-2. The van der Waals surface area contributed by atoms with E-state index in [1.54, 1.807) is 42.5 Å². The molecule has 0 bridgehead atoms. The number of allylic oxidation sites excluding steroid dienone is 3. The summed E-state index contributed by atoms with van der Waals surface area (Å²) >= 11 is 28.8. The van der Waals surface area contributed by atoms with Gasteiger partial charge in [0.1, 0.15) is 73.0 Å². The fraction of sp³-hybridized carbons (Fsp3) is 0.381. The largest absolute Gasteiger partial charge is 2.00 e. The second kappa shape index (κ2) is 64.6. The van der Waals surface area contributed by atoms with Gasteiger partial charge >= 0.3 is 84.4 Å². The number of carbonyl (C=O) groups is 5. The molecule has 0 unspecified atom stereocenters. The van der Waals surface area contributed by atoms with Gasteiger partial charge in [-0.05, 0) is 175 Å². The molecule has 6 heterocycles. The molecule has 0 aliphatic carbocycles. The van der Waals surface area contributed by atoms with E-state index in [2.05, 4.69) is 195 Å². The van der Waals surface area contributed by atoms with Crippen molar-refractivity contribution in [1.29, 1.82) is 0 Å². The predicted molar refractivity (Wildman–Crippen MR) is 491 cm³/mol. The third kappa shape index (κ3) is 48.5. The Morgan fingerprint density at radius 1 is 0.597 bits per heavy atom. The fourth-order valence-electron chi connectivity index (χ4n) is 10.9. The molecule has 35 heteroatoms. The van der Waals surface area contributed by atoms with Crippen LogP contribution in [-0.2, 0) is 44.1 Å². The molecule has 2 amide bonds. The molecule has 646 valence electrons. The molecule has 0 fully saturated rings. The summed E-state index contributed by atoms with van der Waals surface area (Å²) in [6, 6.07) is 47.2. The normalized spacial score (nSPS) is 13.0. The molecule has 0 aromatic heterocycles. The van der Waals surface area contributed by atoms with E-state index in [1.807, 2.05) is 92.7 Å². The van der Waals surface area contributed by atoms with Crippen LogP contribution in [0.2, 0.25) is 0 Å². The number of para-hydroxylation sites is 11. The summed E-state index contributed by atoms with van der Waals surface area (Å²) in [6.07, 6.45) is 7.50. The first-order valence-corrected chi connectivity index (χ1v) is 44.8. The van der Waals surface area contributed by atoms with Crippen LogP contribution in [0.4, 0.5) is 39.8 Å². The van der Waals surface area contributed by atoms with E-state index in [0.717, 1.165) is 129 Å². The van der Waals surface area contributed by atoms with Crippen molar-refractivity contribution in [2.75, 3.05) is 137 Å². The van der Waals surface area contributed by atoms with Gasteiger partial charge in [0.2, 0.25) is 11.8 Å². The number of hydrogen-bond acceptors (Lipinski definition) is 22. The molecule has 13 rings (SSSR count). The number of amides is 2. The van der Waals surface area contributed by atoms with Crippen molar-refractivity contribution < 1.29 is 118 Å². The Hall–Kier alpha value is -6.15. The molecular weight excluding hydrogens is 1870 g/mol. The fourth-order valence-corrected chi connectivity index (χ4v) is 11.4. The smallest absolute Gasteiger partial charge is 0.870 e. The number of nitrogens with two attached hydrogens (primary N) is 1. The summed E-state index contributed by atoms with van der Waals surface area (Å²) < 4.78 is 41.3. The number of hydrogen-bond donors (Lipinski definition) is 7. The Morgan fingerprint density at radius 2 is 1.05 bits per heavy atom. The number of phenols is 2. The van der Waals surface area contributed by atoms with Crippen LogP contribution in [0, 0.1) is 0 Å². The number of halogens is 7. The van der Waals surface area contributed by atoms with Crippen molar-refractivity contribution in [3.63, 3.8) is 0 Å². The molecule has 10 N–H and O–H groups in total. The summed E-state index contributed by atoms with van der Waals surface area (Å²) in [4.78, 5) is 67.5. The number of phenolic OH excluding ortho intramolecular Hbond substituents is 2. The van der Waals surface area contributed by atoms with Gasteiger partial charge in [0, 0.05) is 81.3 Å². The van der Waals surface area contributed by atoms with Crippen LogP contribution in [0.25, 0.3) is 0 Å². The number of nitrogen functional groups attached to an aromatic ring is 1. The number of anilines is 7. The van der Waals surface area contributed by atoms with Gasteiger partial charge in [0.25, 0.3) is 0 Å². The Balaban J connectivity index is -0.00000126. The van der Waals surface area contributed by atoms with Gasteiger partial charge in [-0.2, -0.15) is 0 Å². The number of carbonyl (C=O) groups excluding carboxylic acids is 5. The van der Waals surface area contributed by atoms with Gasteiger partial charge in [0.15, 0.2) is 0 Å². The number of nitrogens with zero attached hydrogens (tertiary/aromatic N) is 3. The van der Waals surface area contributed by atoms with Gasteiger partial charge in [-0.3, -0.25) is 28.5 Å². The molecule has 7 aromatic rings. The maximum atomic E-state index is 11.0. The third-order valence-electron chi connectivity index (χ3n) is 16.2. The van der Waals surface area contributed by atoms with Crippen LogP contribution in [0.1, 0.15) is 117 Å². The Labute approximate surface area is 797 Å². The van der Waals surface area contributed by atoms with E-state index in [0.29, 0.717) is 47.2 Å². The Morgan fingerprint density at radius 3 is 1.53 bits per heavy atom. The number of rotatable bonds is 10. The summed E-state index contributed by atoms with van der Waals surface area (Å²) in [5.41, 5.74) is 18.2. The second-order valence-electron chi connectivity index (χ2n) is 26.8. The zero-order valence-corrected chi connectivity index (χ0v) is 82.5. The number of esters is 2.